The molecule has 4 aliphatic carbocycles. The molecule has 0 bridgehead atoms. The molecule has 4 nitrogen and oxygen atoms in total. The van der Waals surface area contributed by atoms with Crippen molar-refractivity contribution >= 4 is 21.8 Å². The van der Waals surface area contributed by atoms with Crippen LogP contribution in [0.15, 0.2) is 66.7 Å². The number of aromatic nitrogens is 2. The van der Waals surface area contributed by atoms with Crippen molar-refractivity contribution < 1.29 is 29.0 Å². The van der Waals surface area contributed by atoms with Crippen LogP contribution in [-0.4, -0.2) is 45.7 Å². The second-order valence-electron chi connectivity index (χ2n) is 16.4. The number of ether oxygens (including phenoxy) is 1. The van der Waals surface area contributed by atoms with Gasteiger partial charge in [0.1, 0.15) is 0 Å². The summed E-state index contributed by atoms with van der Waals surface area (Å²) in [5.41, 5.74) is 10.2. The van der Waals surface area contributed by atoms with E-state index in [0.717, 1.165) is 40.4 Å². The number of carbonyl (C=O) groups is 1. The monoisotopic (exact) mass is 845 g/mol. The summed E-state index contributed by atoms with van der Waals surface area (Å²) in [6, 6.07) is 23.6. The van der Waals surface area contributed by atoms with E-state index >= 15 is 0 Å². The van der Waals surface area contributed by atoms with Gasteiger partial charge in [0.2, 0.25) is 0 Å². The SMILES string of the molecule is COC(=O)CCc1ccccc1.[Rh].c1cc(C[PH+](C2CCCCC2)C2CCCCC2)nc(-c2cccc(C[PH+](C3CCCCC3)C3CCCCC3)n2)c1. The molecule has 7 rings (SSSR count). The number of pyridine rings is 2. The van der Waals surface area contributed by atoms with Gasteiger partial charge in [-0.15, -0.1) is 0 Å². The molecule has 1 radical (unpaired) electrons. The average molecular weight is 846 g/mol. The third-order valence-corrected chi connectivity index (χ3v) is 20.9. The Labute approximate surface area is 337 Å². The molecule has 0 aliphatic heterocycles. The van der Waals surface area contributed by atoms with E-state index in [2.05, 4.69) is 41.1 Å². The van der Waals surface area contributed by atoms with Crippen molar-refractivity contribution in [1.82, 2.24) is 9.97 Å². The van der Waals surface area contributed by atoms with Crippen molar-refractivity contribution in [2.45, 2.75) is 176 Å². The molecule has 2 heterocycles. The molecule has 0 spiro atoms. The number of hydrogen-bond acceptors (Lipinski definition) is 4. The van der Waals surface area contributed by atoms with Crippen LogP contribution in [0.3, 0.4) is 0 Å². The van der Waals surface area contributed by atoms with Gasteiger partial charge in [-0.05, 0) is 139 Å². The van der Waals surface area contributed by atoms with Crippen molar-refractivity contribution in [3.8, 4) is 11.4 Å². The Morgan fingerprint density at radius 1 is 0.547 bits per heavy atom. The molecule has 4 aliphatic rings. The topological polar surface area (TPSA) is 52.1 Å². The minimum absolute atomic E-state index is 0. The number of aryl methyl sites for hydroxylation is 1. The standard InChI is InChI=1S/C36H54N2P2.C10H12O2.Rh/c1-5-17-31(18-6-1)39(32-19-7-2-8-20-32)27-29-15-13-25-35(37-29)36-26-14-16-30(38-36)28-40(33-21-9-3-10-22-33)34-23-11-4-12-24-34;1-12-10(11)8-7-9-5-3-2-4-6-9;/h13-16,25-26,31-34H,1-12,17-24,27-28H2;2-6H,7-8H2,1H3;/p+2. The number of esters is 1. The van der Waals surface area contributed by atoms with Crippen LogP contribution in [0.25, 0.3) is 11.4 Å². The quantitative estimate of drug-likeness (QED) is 0.104. The number of nitrogens with zero attached hydrogens (tertiary/aromatic N) is 2. The summed E-state index contributed by atoms with van der Waals surface area (Å²) in [5.74, 6) is -0.154. The van der Waals surface area contributed by atoms with Crippen LogP contribution >= 0.6 is 15.8 Å². The van der Waals surface area contributed by atoms with Crippen molar-refractivity contribution in [2.75, 3.05) is 7.11 Å². The molecule has 0 saturated heterocycles. The smallest absolute Gasteiger partial charge is 0.305 e. The zero-order valence-electron chi connectivity index (χ0n) is 32.7. The normalized spacial score (nSPS) is 19.3. The third-order valence-electron chi connectivity index (χ3n) is 12.9. The summed E-state index contributed by atoms with van der Waals surface area (Å²) in [6.07, 6.45) is 33.4. The van der Waals surface area contributed by atoms with Crippen LogP contribution in [0, 0.1) is 0 Å². The van der Waals surface area contributed by atoms with E-state index in [1.54, 1.807) is 0 Å². The summed E-state index contributed by atoms with van der Waals surface area (Å²) < 4.78 is 4.53. The van der Waals surface area contributed by atoms with Gasteiger partial charge >= 0.3 is 5.97 Å². The fourth-order valence-electron chi connectivity index (χ4n) is 9.99. The van der Waals surface area contributed by atoms with E-state index in [-0.39, 0.29) is 25.4 Å². The van der Waals surface area contributed by atoms with Crippen LogP contribution in [0.2, 0.25) is 0 Å². The Morgan fingerprint density at radius 2 is 0.925 bits per heavy atom. The van der Waals surface area contributed by atoms with Gasteiger partial charge in [-0.25, -0.2) is 9.97 Å². The predicted octanol–water partition coefficient (Wildman–Crippen LogP) is 12.7. The fraction of sp³-hybridized carbons (Fsp3) is 0.630. The molecule has 1 aromatic carbocycles. The van der Waals surface area contributed by atoms with Crippen molar-refractivity contribution in [2.24, 2.45) is 0 Å². The maximum atomic E-state index is 10.8. The first-order valence-corrected chi connectivity index (χ1v) is 25.1. The Morgan fingerprint density at radius 3 is 1.28 bits per heavy atom. The Bertz CT molecular complexity index is 1350. The van der Waals surface area contributed by atoms with Gasteiger partial charge in [0.25, 0.3) is 0 Å². The van der Waals surface area contributed by atoms with E-state index in [0.29, 0.717) is 6.42 Å². The van der Waals surface area contributed by atoms with Gasteiger partial charge in [0, 0.05) is 41.7 Å². The third kappa shape index (κ3) is 13.6. The van der Waals surface area contributed by atoms with Gasteiger partial charge in [-0.3, -0.25) is 4.79 Å². The summed E-state index contributed by atoms with van der Waals surface area (Å²) in [7, 11) is 0.564. The molecular weight excluding hydrogens is 777 g/mol. The second kappa shape index (κ2) is 23.5. The molecule has 0 amide bonds. The molecule has 7 heteroatoms. The number of methoxy groups -OCH3 is 1. The first-order valence-electron chi connectivity index (χ1n) is 21.4. The molecule has 0 atom stereocenters. The van der Waals surface area contributed by atoms with Crippen LogP contribution in [0.4, 0.5) is 0 Å². The van der Waals surface area contributed by atoms with Gasteiger partial charge in [-0.2, -0.15) is 0 Å². The molecule has 53 heavy (non-hydrogen) atoms. The molecule has 2 aromatic heterocycles. The first kappa shape index (κ1) is 42.6. The predicted molar refractivity (Wildman–Crippen MR) is 226 cm³/mol. The zero-order chi connectivity index (χ0) is 35.8. The van der Waals surface area contributed by atoms with E-state index in [1.807, 2.05) is 30.3 Å². The number of rotatable bonds is 12. The first-order chi connectivity index (χ1) is 25.7. The summed E-state index contributed by atoms with van der Waals surface area (Å²) in [4.78, 5) is 21.5. The Kier molecular flexibility index (Phi) is 18.9. The van der Waals surface area contributed by atoms with Crippen molar-refractivity contribution in [3.05, 3.63) is 83.7 Å². The summed E-state index contributed by atoms with van der Waals surface area (Å²) in [6.45, 7) is 0. The van der Waals surface area contributed by atoms with E-state index in [9.17, 15) is 4.79 Å². The molecule has 0 N–H and O–H groups in total. The van der Waals surface area contributed by atoms with Crippen LogP contribution in [0.1, 0.15) is 152 Å². The largest absolute Gasteiger partial charge is 0.469 e. The van der Waals surface area contributed by atoms with E-state index < -0.39 is 15.8 Å². The second-order valence-corrected chi connectivity index (χ2v) is 22.7. The maximum absolute atomic E-state index is 10.8. The minimum atomic E-state index is -0.423. The molecule has 0 unspecified atom stereocenters. The van der Waals surface area contributed by atoms with Gasteiger partial charge in [-0.1, -0.05) is 68.1 Å². The van der Waals surface area contributed by atoms with Gasteiger partial charge < -0.3 is 4.74 Å². The van der Waals surface area contributed by atoms with E-state index in [4.69, 9.17) is 9.97 Å². The number of benzene rings is 1. The van der Waals surface area contributed by atoms with Crippen LogP contribution in [-0.2, 0) is 47.8 Å². The molecule has 4 fully saturated rings. The molecule has 291 valence electrons. The zero-order valence-corrected chi connectivity index (χ0v) is 36.3. The number of hydrogen-bond donors (Lipinski definition) is 0. The van der Waals surface area contributed by atoms with Gasteiger partial charge in [0.15, 0.2) is 0 Å². The van der Waals surface area contributed by atoms with Crippen LogP contribution < -0.4 is 0 Å². The average Bonchev–Trinajstić information content (AvgIpc) is 3.23. The Balaban J connectivity index is 0.000000357. The molecule has 4 saturated carbocycles. The minimum Gasteiger partial charge on any atom is -0.469 e. The summed E-state index contributed by atoms with van der Waals surface area (Å²) in [5, 5.41) is 0. The molecular formula is C46H68N2O2P2Rh+2. The summed E-state index contributed by atoms with van der Waals surface area (Å²) >= 11 is 0. The van der Waals surface area contributed by atoms with E-state index in [1.165, 1.54) is 165 Å². The fourth-order valence-corrected chi connectivity index (χ4v) is 18.3. The number of carbonyl (C=O) groups excluding carboxylic acids is 1. The van der Waals surface area contributed by atoms with Crippen LogP contribution in [0.5, 0.6) is 0 Å². The van der Waals surface area contributed by atoms with Crippen molar-refractivity contribution in [3.63, 3.8) is 0 Å². The Hall–Kier alpha value is -1.53. The van der Waals surface area contributed by atoms with Crippen molar-refractivity contribution in [1.29, 1.82) is 0 Å². The maximum Gasteiger partial charge on any atom is 0.305 e. The molecule has 3 aromatic rings. The van der Waals surface area contributed by atoms with Gasteiger partial charge in [0.05, 0.1) is 64.8 Å².